The molecule has 0 spiro atoms. The number of carbonyl (C=O) groups excluding carboxylic acids is 2. The summed E-state index contributed by atoms with van der Waals surface area (Å²) in [5, 5.41) is 0. The van der Waals surface area contributed by atoms with E-state index in [4.69, 9.17) is 0 Å². The lowest BCUT2D eigenvalue weighted by Crippen LogP contribution is -2.34. The summed E-state index contributed by atoms with van der Waals surface area (Å²) < 4.78 is 65.1. The van der Waals surface area contributed by atoms with Crippen LogP contribution in [-0.4, -0.2) is 42.8 Å². The third-order valence-corrected chi connectivity index (χ3v) is 8.94. The lowest BCUT2D eigenvalue weighted by atomic mass is 10.1. The molecule has 1 rings (SSSR count). The van der Waals surface area contributed by atoms with Crippen molar-refractivity contribution in [2.24, 2.45) is 0 Å². The minimum absolute atomic E-state index is 0.0498. The maximum absolute atomic E-state index is 12.6. The normalized spacial score (nSPS) is 19.9. The van der Waals surface area contributed by atoms with Gasteiger partial charge >= 0.3 is 15.6 Å². The van der Waals surface area contributed by atoms with E-state index in [1.165, 1.54) is 0 Å². The van der Waals surface area contributed by atoms with Crippen LogP contribution in [0.25, 0.3) is 0 Å². The van der Waals surface area contributed by atoms with Crippen molar-refractivity contribution in [2.45, 2.75) is 57.4 Å². The fraction of sp³-hybridized carbons (Fsp3) is 0.857. The van der Waals surface area contributed by atoms with Crippen LogP contribution in [0.4, 0.5) is 13.2 Å². The SMILES string of the molecule is CCCCCCC(=O)CS1(OS(=O)(=O)C(F)(F)F)CCC(=O)CC1. The first-order valence-electron chi connectivity index (χ1n) is 7.83. The molecule has 1 saturated heterocycles. The molecule has 10 heteroatoms. The Morgan fingerprint density at radius 3 is 2.25 bits per heavy atom. The van der Waals surface area contributed by atoms with E-state index in [1.54, 1.807) is 0 Å². The standard InChI is InChI=1S/C14H23F3O5S2/c1-2-3-4-5-6-13(19)11-23(9-7-12(18)8-10-23)22-24(20,21)14(15,16)17/h2-11H2,1H3. The third kappa shape index (κ3) is 6.36. The molecule has 0 saturated carbocycles. The van der Waals surface area contributed by atoms with Gasteiger partial charge in [0, 0.05) is 30.8 Å². The molecule has 0 atom stereocenters. The van der Waals surface area contributed by atoms with Gasteiger partial charge < -0.3 is 0 Å². The molecule has 24 heavy (non-hydrogen) atoms. The summed E-state index contributed by atoms with van der Waals surface area (Å²) in [7, 11) is -8.57. The molecule has 1 aliphatic heterocycles. The Morgan fingerprint density at radius 1 is 1.17 bits per heavy atom. The number of alkyl halides is 3. The number of ketones is 2. The smallest absolute Gasteiger partial charge is 0.300 e. The number of unbranched alkanes of at least 4 members (excludes halogenated alkanes) is 3. The topological polar surface area (TPSA) is 77.5 Å². The number of Topliss-reactive ketones (excluding diaryl/α,β-unsaturated/α-hetero) is 2. The molecule has 0 aromatic carbocycles. The summed E-state index contributed by atoms with van der Waals surface area (Å²) >= 11 is 0. The second kappa shape index (κ2) is 8.66. The van der Waals surface area contributed by atoms with Crippen molar-refractivity contribution in [3.63, 3.8) is 0 Å². The Hall–Kier alpha value is -0.610. The highest BCUT2D eigenvalue weighted by Crippen LogP contribution is 2.55. The largest absolute Gasteiger partial charge is 0.523 e. The summed E-state index contributed by atoms with van der Waals surface area (Å²) in [6, 6.07) is 0. The van der Waals surface area contributed by atoms with Gasteiger partial charge in [0.2, 0.25) is 0 Å². The lowest BCUT2D eigenvalue weighted by molar-refractivity contribution is -0.119. The van der Waals surface area contributed by atoms with Crippen molar-refractivity contribution in [1.29, 1.82) is 0 Å². The maximum atomic E-state index is 12.6. The van der Waals surface area contributed by atoms with E-state index >= 15 is 0 Å². The Balaban J connectivity index is 2.80. The van der Waals surface area contributed by atoms with Gasteiger partial charge in [0.25, 0.3) is 0 Å². The van der Waals surface area contributed by atoms with Gasteiger partial charge in [0.1, 0.15) is 11.6 Å². The molecule has 0 aromatic rings. The summed E-state index contributed by atoms with van der Waals surface area (Å²) in [4.78, 5) is 23.4. The summed E-state index contributed by atoms with van der Waals surface area (Å²) in [5.41, 5.74) is -5.53. The van der Waals surface area contributed by atoms with Gasteiger partial charge in [0.15, 0.2) is 0 Å². The van der Waals surface area contributed by atoms with Gasteiger partial charge in [-0.05, 0) is 6.42 Å². The highest BCUT2D eigenvalue weighted by molar-refractivity contribution is 8.33. The van der Waals surface area contributed by atoms with Crippen molar-refractivity contribution in [3.8, 4) is 0 Å². The van der Waals surface area contributed by atoms with Gasteiger partial charge in [-0.2, -0.15) is 21.6 Å². The van der Waals surface area contributed by atoms with E-state index in [2.05, 4.69) is 3.63 Å². The first kappa shape index (κ1) is 21.4. The minimum atomic E-state index is -5.77. The predicted octanol–water partition coefficient (Wildman–Crippen LogP) is 3.47. The van der Waals surface area contributed by atoms with Crippen molar-refractivity contribution < 1.29 is 34.8 Å². The molecule has 5 nitrogen and oxygen atoms in total. The van der Waals surface area contributed by atoms with Crippen LogP contribution in [0.2, 0.25) is 0 Å². The zero-order valence-corrected chi connectivity index (χ0v) is 15.2. The van der Waals surface area contributed by atoms with Crippen LogP contribution < -0.4 is 0 Å². The van der Waals surface area contributed by atoms with E-state index in [1.807, 2.05) is 6.92 Å². The Labute approximate surface area is 142 Å². The van der Waals surface area contributed by atoms with Crippen molar-refractivity contribution >= 4 is 32.0 Å². The average Bonchev–Trinajstić information content (AvgIpc) is 2.45. The maximum Gasteiger partial charge on any atom is 0.523 e. The molecule has 0 amide bonds. The summed E-state index contributed by atoms with van der Waals surface area (Å²) in [5.74, 6) is -1.000. The van der Waals surface area contributed by atoms with E-state index in [0.717, 1.165) is 19.3 Å². The number of hydrogen-bond donors (Lipinski definition) is 0. The molecule has 0 radical (unpaired) electrons. The van der Waals surface area contributed by atoms with E-state index < -0.39 is 25.9 Å². The fourth-order valence-corrected chi connectivity index (χ4v) is 7.40. The molecule has 0 aromatic heterocycles. The van der Waals surface area contributed by atoms with Gasteiger partial charge in [-0.15, -0.1) is 10.3 Å². The van der Waals surface area contributed by atoms with Gasteiger partial charge in [-0.25, -0.2) is 3.63 Å². The second-order valence-corrected chi connectivity index (χ2v) is 10.8. The molecule has 0 bridgehead atoms. The van der Waals surface area contributed by atoms with Gasteiger partial charge in [0.05, 0.1) is 5.75 Å². The quantitative estimate of drug-likeness (QED) is 0.443. The molecular weight excluding hydrogens is 369 g/mol. The first-order valence-corrected chi connectivity index (χ1v) is 11.3. The van der Waals surface area contributed by atoms with Crippen LogP contribution in [0.5, 0.6) is 0 Å². The Morgan fingerprint density at radius 2 is 1.75 bits per heavy atom. The zero-order chi connectivity index (χ0) is 18.4. The zero-order valence-electron chi connectivity index (χ0n) is 13.6. The molecule has 1 aliphatic rings. The highest BCUT2D eigenvalue weighted by atomic mass is 32.3. The minimum Gasteiger partial charge on any atom is -0.300 e. The lowest BCUT2D eigenvalue weighted by Gasteiger charge is -2.40. The van der Waals surface area contributed by atoms with Crippen LogP contribution in [0, 0.1) is 0 Å². The van der Waals surface area contributed by atoms with Gasteiger partial charge in [-0.1, -0.05) is 26.2 Å². The average molecular weight is 392 g/mol. The molecule has 0 N–H and O–H groups in total. The van der Waals surface area contributed by atoms with Crippen LogP contribution in [0.1, 0.15) is 51.9 Å². The van der Waals surface area contributed by atoms with Crippen LogP contribution in [0.15, 0.2) is 0 Å². The number of hydrogen-bond acceptors (Lipinski definition) is 5. The molecule has 1 fully saturated rings. The van der Waals surface area contributed by atoms with Crippen molar-refractivity contribution in [2.75, 3.05) is 17.3 Å². The van der Waals surface area contributed by atoms with Crippen LogP contribution in [0.3, 0.4) is 0 Å². The molecule has 0 aliphatic carbocycles. The molecule has 1 heterocycles. The third-order valence-electron chi connectivity index (χ3n) is 3.76. The van der Waals surface area contributed by atoms with E-state index in [0.29, 0.717) is 6.42 Å². The van der Waals surface area contributed by atoms with Gasteiger partial charge in [-0.3, -0.25) is 9.59 Å². The summed E-state index contributed by atoms with van der Waals surface area (Å²) in [6.45, 7) is 2.01. The summed E-state index contributed by atoms with van der Waals surface area (Å²) in [6.07, 6.45) is 3.49. The molecule has 142 valence electrons. The number of carbonyl (C=O) groups is 2. The second-order valence-electron chi connectivity index (χ2n) is 5.87. The van der Waals surface area contributed by atoms with Crippen LogP contribution in [-0.2, 0) is 23.3 Å². The van der Waals surface area contributed by atoms with E-state index in [-0.39, 0.29) is 48.1 Å². The van der Waals surface area contributed by atoms with Crippen molar-refractivity contribution in [1.82, 2.24) is 0 Å². The predicted molar refractivity (Wildman–Crippen MR) is 86.3 cm³/mol. The highest BCUT2D eigenvalue weighted by Gasteiger charge is 2.51. The fourth-order valence-electron chi connectivity index (χ4n) is 2.41. The van der Waals surface area contributed by atoms with Crippen molar-refractivity contribution in [3.05, 3.63) is 0 Å². The van der Waals surface area contributed by atoms with E-state index in [9.17, 15) is 31.2 Å². The van der Waals surface area contributed by atoms with Crippen LogP contribution >= 0.6 is 10.3 Å². The first-order chi connectivity index (χ1) is 11.0. The monoisotopic (exact) mass is 392 g/mol. The Kier molecular flexibility index (Phi) is 7.74. The number of rotatable bonds is 9. The molecular formula is C14H23F3O5S2. The number of halogens is 3. The molecule has 0 unspecified atom stereocenters. The Bertz CT molecular complexity index is 547.